The molecule has 1 fully saturated rings. The number of hydrogen-bond donors (Lipinski definition) is 1. The molecule has 11 heteroatoms. The van der Waals surface area contributed by atoms with Crippen LogP contribution in [0.15, 0.2) is 41.6 Å². The van der Waals surface area contributed by atoms with Crippen LogP contribution in [-0.2, 0) is 10.0 Å². The SMILES string of the molecule is Cl.Cl.Cl.Cl.Cl.O=S(=O)(c1cccc2cnccc12)N1CCNCC1. The smallest absolute Gasteiger partial charge is 0.243 e. The molecule has 5 nitrogen and oxygen atoms in total. The molecule has 140 valence electrons. The van der Waals surface area contributed by atoms with Gasteiger partial charge in [0, 0.05) is 49.3 Å². The van der Waals surface area contributed by atoms with Crippen molar-refractivity contribution in [3.05, 3.63) is 36.7 Å². The Morgan fingerprint density at radius 2 is 1.58 bits per heavy atom. The summed E-state index contributed by atoms with van der Waals surface area (Å²) in [6.07, 6.45) is 3.31. The number of hydrogen-bond acceptors (Lipinski definition) is 4. The van der Waals surface area contributed by atoms with Crippen LogP contribution in [0.4, 0.5) is 0 Å². The highest BCUT2D eigenvalue weighted by molar-refractivity contribution is 7.89. The van der Waals surface area contributed by atoms with Gasteiger partial charge in [0.05, 0.1) is 4.90 Å². The third-order valence-electron chi connectivity index (χ3n) is 3.33. The van der Waals surface area contributed by atoms with Gasteiger partial charge in [-0.1, -0.05) is 12.1 Å². The number of benzene rings is 1. The number of aromatic nitrogens is 1. The molecule has 2 aromatic rings. The van der Waals surface area contributed by atoms with Crippen LogP contribution in [0.5, 0.6) is 0 Å². The first-order valence-corrected chi connectivity index (χ1v) is 7.67. The summed E-state index contributed by atoms with van der Waals surface area (Å²) in [5, 5.41) is 4.74. The molecule has 0 radical (unpaired) electrons. The van der Waals surface area contributed by atoms with E-state index in [1.165, 1.54) is 0 Å². The Kier molecular flexibility index (Phi) is 14.8. The van der Waals surface area contributed by atoms with Crippen molar-refractivity contribution in [1.82, 2.24) is 14.6 Å². The zero-order chi connectivity index (χ0) is 13.3. The summed E-state index contributed by atoms with van der Waals surface area (Å²) in [6.45, 7) is 2.44. The molecule has 3 rings (SSSR count). The highest BCUT2D eigenvalue weighted by Crippen LogP contribution is 2.25. The average molecular weight is 460 g/mol. The summed E-state index contributed by atoms with van der Waals surface area (Å²) in [6, 6.07) is 7.06. The third kappa shape index (κ3) is 5.75. The van der Waals surface area contributed by atoms with Crippen LogP contribution in [0.1, 0.15) is 0 Å². The van der Waals surface area contributed by atoms with E-state index in [2.05, 4.69) is 10.3 Å². The van der Waals surface area contributed by atoms with E-state index in [0.717, 1.165) is 10.8 Å². The predicted molar refractivity (Wildman–Crippen MR) is 110 cm³/mol. The predicted octanol–water partition coefficient (Wildman–Crippen LogP) is 2.94. The van der Waals surface area contributed by atoms with Crippen LogP contribution < -0.4 is 5.32 Å². The molecule has 0 aliphatic carbocycles. The topological polar surface area (TPSA) is 62.3 Å². The van der Waals surface area contributed by atoms with Gasteiger partial charge in [-0.15, -0.1) is 62.0 Å². The van der Waals surface area contributed by atoms with E-state index in [9.17, 15) is 8.42 Å². The molecule has 0 saturated carbocycles. The lowest BCUT2D eigenvalue weighted by atomic mass is 10.2. The molecule has 1 aliphatic heterocycles. The molecule has 0 spiro atoms. The van der Waals surface area contributed by atoms with Gasteiger partial charge in [-0.3, -0.25) is 4.98 Å². The zero-order valence-electron chi connectivity index (χ0n) is 12.5. The molecule has 1 aromatic heterocycles. The van der Waals surface area contributed by atoms with Crippen LogP contribution in [-0.4, -0.2) is 43.9 Å². The first-order chi connectivity index (χ1) is 9.19. The molecule has 1 saturated heterocycles. The number of sulfonamides is 1. The van der Waals surface area contributed by atoms with Crippen molar-refractivity contribution in [1.29, 1.82) is 0 Å². The Labute approximate surface area is 173 Å². The van der Waals surface area contributed by atoms with E-state index in [1.807, 2.05) is 6.07 Å². The Balaban J connectivity index is -0.000000882. The first kappa shape index (κ1) is 28.7. The van der Waals surface area contributed by atoms with Crippen molar-refractivity contribution in [2.24, 2.45) is 0 Å². The van der Waals surface area contributed by atoms with Gasteiger partial charge in [-0.2, -0.15) is 4.31 Å². The highest BCUT2D eigenvalue weighted by Gasteiger charge is 2.27. The van der Waals surface area contributed by atoms with Crippen molar-refractivity contribution >= 4 is 82.8 Å². The van der Waals surface area contributed by atoms with Crippen molar-refractivity contribution in [2.45, 2.75) is 4.90 Å². The largest absolute Gasteiger partial charge is 0.314 e. The summed E-state index contributed by atoms with van der Waals surface area (Å²) >= 11 is 0. The summed E-state index contributed by atoms with van der Waals surface area (Å²) in [7, 11) is -3.42. The maximum atomic E-state index is 12.7. The molecule has 1 aromatic carbocycles. The van der Waals surface area contributed by atoms with Gasteiger partial charge < -0.3 is 5.32 Å². The minimum absolute atomic E-state index is 0. The summed E-state index contributed by atoms with van der Waals surface area (Å²) in [4.78, 5) is 4.40. The fourth-order valence-corrected chi connectivity index (χ4v) is 4.00. The number of halogens is 5. The zero-order valence-corrected chi connectivity index (χ0v) is 17.4. The maximum Gasteiger partial charge on any atom is 0.243 e. The standard InChI is InChI=1S/C13H15N3O2S.5ClH/c17-19(18,16-8-6-14-7-9-16)13-3-1-2-11-10-15-5-4-12(11)13;;;;;/h1-5,10,14H,6-9H2;5*1H. The van der Waals surface area contributed by atoms with Gasteiger partial charge >= 0.3 is 0 Å². The van der Waals surface area contributed by atoms with Crippen LogP contribution >= 0.6 is 62.0 Å². The van der Waals surface area contributed by atoms with Crippen molar-refractivity contribution in [3.63, 3.8) is 0 Å². The monoisotopic (exact) mass is 457 g/mol. The van der Waals surface area contributed by atoms with E-state index < -0.39 is 10.0 Å². The van der Waals surface area contributed by atoms with Crippen molar-refractivity contribution in [3.8, 4) is 0 Å². The number of pyridine rings is 1. The lowest BCUT2D eigenvalue weighted by Gasteiger charge is -2.27. The lowest BCUT2D eigenvalue weighted by Crippen LogP contribution is -2.46. The fourth-order valence-electron chi connectivity index (χ4n) is 2.34. The molecule has 0 atom stereocenters. The van der Waals surface area contributed by atoms with Crippen molar-refractivity contribution < 1.29 is 8.42 Å². The van der Waals surface area contributed by atoms with Gasteiger partial charge in [0.2, 0.25) is 10.0 Å². The molecule has 0 unspecified atom stereocenters. The van der Waals surface area contributed by atoms with E-state index in [0.29, 0.717) is 31.1 Å². The van der Waals surface area contributed by atoms with Gasteiger partial charge in [0.1, 0.15) is 0 Å². The quantitative estimate of drug-likeness (QED) is 0.750. The Hall–Kier alpha value is -0.0500. The van der Waals surface area contributed by atoms with E-state index in [1.54, 1.807) is 34.9 Å². The molecular weight excluding hydrogens is 439 g/mol. The van der Waals surface area contributed by atoms with Gasteiger partial charge in [0.25, 0.3) is 0 Å². The molecule has 1 aliphatic rings. The highest BCUT2D eigenvalue weighted by atomic mass is 35.5. The van der Waals surface area contributed by atoms with Crippen LogP contribution in [0.3, 0.4) is 0 Å². The summed E-state index contributed by atoms with van der Waals surface area (Å²) < 4.78 is 26.9. The van der Waals surface area contributed by atoms with Crippen LogP contribution in [0, 0.1) is 0 Å². The second-order valence-corrected chi connectivity index (χ2v) is 6.41. The number of nitrogens with one attached hydrogen (secondary N) is 1. The minimum Gasteiger partial charge on any atom is -0.314 e. The Morgan fingerprint density at radius 3 is 2.21 bits per heavy atom. The molecule has 0 amide bonds. The van der Waals surface area contributed by atoms with Gasteiger partial charge in [-0.25, -0.2) is 8.42 Å². The molecule has 2 heterocycles. The second-order valence-electron chi connectivity index (χ2n) is 4.51. The molecule has 24 heavy (non-hydrogen) atoms. The Morgan fingerprint density at radius 1 is 0.958 bits per heavy atom. The molecule has 1 N–H and O–H groups in total. The van der Waals surface area contributed by atoms with E-state index in [-0.39, 0.29) is 62.0 Å². The van der Waals surface area contributed by atoms with Crippen LogP contribution in [0.2, 0.25) is 0 Å². The van der Waals surface area contributed by atoms with E-state index >= 15 is 0 Å². The van der Waals surface area contributed by atoms with Crippen molar-refractivity contribution in [2.75, 3.05) is 26.2 Å². The lowest BCUT2D eigenvalue weighted by molar-refractivity contribution is 0.360. The second kappa shape index (κ2) is 12.3. The fraction of sp³-hybridized carbons (Fsp3) is 0.308. The Bertz CT molecular complexity index is 706. The van der Waals surface area contributed by atoms with E-state index in [4.69, 9.17) is 0 Å². The number of nitrogens with zero attached hydrogens (tertiary/aromatic N) is 2. The first-order valence-electron chi connectivity index (χ1n) is 6.23. The average Bonchev–Trinajstić information content (AvgIpc) is 2.47. The van der Waals surface area contributed by atoms with Gasteiger partial charge in [-0.05, 0) is 12.1 Å². The normalized spacial score (nSPS) is 14.0. The summed E-state index contributed by atoms with van der Waals surface area (Å²) in [5.41, 5.74) is 0. The number of piperazine rings is 1. The number of fused-ring (bicyclic) bond motifs is 1. The van der Waals surface area contributed by atoms with Gasteiger partial charge in [0.15, 0.2) is 0 Å². The number of rotatable bonds is 2. The maximum absolute atomic E-state index is 12.7. The minimum atomic E-state index is -3.42. The molecular formula is C13H20Cl5N3O2S. The molecule has 0 bridgehead atoms. The summed E-state index contributed by atoms with van der Waals surface area (Å²) in [5.74, 6) is 0. The third-order valence-corrected chi connectivity index (χ3v) is 5.29. The van der Waals surface area contributed by atoms with Crippen LogP contribution in [0.25, 0.3) is 10.8 Å².